The Morgan fingerprint density at radius 1 is 1.55 bits per heavy atom. The summed E-state index contributed by atoms with van der Waals surface area (Å²) >= 11 is 0. The Morgan fingerprint density at radius 2 is 2.35 bits per heavy atom. The van der Waals surface area contributed by atoms with E-state index in [2.05, 4.69) is 4.90 Å². The molecule has 0 aliphatic carbocycles. The number of aryl methyl sites for hydroxylation is 1. The van der Waals surface area contributed by atoms with E-state index >= 15 is 0 Å². The molecule has 0 saturated carbocycles. The summed E-state index contributed by atoms with van der Waals surface area (Å²) in [6.45, 7) is 6.71. The number of ether oxygens (including phenoxy) is 2. The zero-order valence-electron chi connectivity index (χ0n) is 12.0. The second-order valence-corrected chi connectivity index (χ2v) is 5.35. The maximum atomic E-state index is 13.6. The number of aliphatic hydroxyl groups excluding tert-OH is 1. The topological polar surface area (TPSA) is 41.9 Å². The molecule has 2 rings (SSSR count). The number of rotatable bonds is 5. The summed E-state index contributed by atoms with van der Waals surface area (Å²) < 4.78 is 24.7. The summed E-state index contributed by atoms with van der Waals surface area (Å²) in [7, 11) is 0. The SMILES string of the molecule is Cc1ccc(F)c(OCC2CN(CC(C)O)CCO2)c1. The lowest BCUT2D eigenvalue weighted by Gasteiger charge is -2.33. The molecule has 4 nitrogen and oxygen atoms in total. The fourth-order valence-electron chi connectivity index (χ4n) is 2.32. The molecular formula is C15H22FNO3. The van der Waals surface area contributed by atoms with Crippen molar-refractivity contribution < 1.29 is 19.0 Å². The standard InChI is InChI=1S/C15H22FNO3/c1-11-3-4-14(16)15(7-11)20-10-13-9-17(5-6-19-13)8-12(2)18/h3-4,7,12-13,18H,5-6,8-10H2,1-2H3. The maximum absolute atomic E-state index is 13.6. The first-order chi connectivity index (χ1) is 9.54. The van der Waals surface area contributed by atoms with Gasteiger partial charge in [0, 0.05) is 19.6 Å². The minimum absolute atomic E-state index is 0.0950. The van der Waals surface area contributed by atoms with Crippen LogP contribution in [-0.2, 0) is 4.74 Å². The zero-order chi connectivity index (χ0) is 14.5. The van der Waals surface area contributed by atoms with E-state index in [1.807, 2.05) is 6.92 Å². The summed E-state index contributed by atoms with van der Waals surface area (Å²) in [5, 5.41) is 9.40. The van der Waals surface area contributed by atoms with Crippen LogP contribution in [0.2, 0.25) is 0 Å². The molecule has 0 bridgehead atoms. The van der Waals surface area contributed by atoms with Crippen molar-refractivity contribution in [3.8, 4) is 5.75 Å². The molecule has 0 aromatic heterocycles. The predicted molar refractivity (Wildman–Crippen MR) is 74.5 cm³/mol. The highest BCUT2D eigenvalue weighted by atomic mass is 19.1. The van der Waals surface area contributed by atoms with E-state index in [9.17, 15) is 9.50 Å². The zero-order valence-corrected chi connectivity index (χ0v) is 12.0. The second-order valence-electron chi connectivity index (χ2n) is 5.35. The monoisotopic (exact) mass is 283 g/mol. The van der Waals surface area contributed by atoms with Gasteiger partial charge in [-0.15, -0.1) is 0 Å². The van der Waals surface area contributed by atoms with Crippen LogP contribution in [0, 0.1) is 12.7 Å². The summed E-state index contributed by atoms with van der Waals surface area (Å²) in [6.07, 6.45) is -0.453. The molecule has 0 amide bonds. The normalized spacial score (nSPS) is 21.7. The molecular weight excluding hydrogens is 261 g/mol. The third-order valence-electron chi connectivity index (χ3n) is 3.26. The highest BCUT2D eigenvalue weighted by Gasteiger charge is 2.22. The van der Waals surface area contributed by atoms with E-state index < -0.39 is 0 Å². The van der Waals surface area contributed by atoms with E-state index in [1.165, 1.54) is 6.07 Å². The highest BCUT2D eigenvalue weighted by Crippen LogP contribution is 2.19. The number of halogens is 1. The Hall–Kier alpha value is -1.17. The van der Waals surface area contributed by atoms with Crippen molar-refractivity contribution in [2.24, 2.45) is 0 Å². The van der Waals surface area contributed by atoms with Crippen LogP contribution in [0.3, 0.4) is 0 Å². The van der Waals surface area contributed by atoms with Crippen molar-refractivity contribution in [3.05, 3.63) is 29.6 Å². The Morgan fingerprint density at radius 3 is 3.10 bits per heavy atom. The molecule has 1 saturated heterocycles. The number of hydrogen-bond donors (Lipinski definition) is 1. The number of morpholine rings is 1. The van der Waals surface area contributed by atoms with Crippen LogP contribution in [0.1, 0.15) is 12.5 Å². The van der Waals surface area contributed by atoms with Gasteiger partial charge in [0.05, 0.1) is 12.7 Å². The molecule has 20 heavy (non-hydrogen) atoms. The lowest BCUT2D eigenvalue weighted by molar-refractivity contribution is -0.0564. The number of aliphatic hydroxyl groups is 1. The van der Waals surface area contributed by atoms with E-state index in [0.717, 1.165) is 12.1 Å². The first-order valence-corrected chi connectivity index (χ1v) is 6.95. The third-order valence-corrected chi connectivity index (χ3v) is 3.26. The summed E-state index contributed by atoms with van der Waals surface area (Å²) in [5.74, 6) is -0.0894. The van der Waals surface area contributed by atoms with Crippen molar-refractivity contribution in [3.63, 3.8) is 0 Å². The number of hydrogen-bond acceptors (Lipinski definition) is 4. The third kappa shape index (κ3) is 4.44. The Bertz CT molecular complexity index is 439. The van der Waals surface area contributed by atoms with Crippen molar-refractivity contribution in [1.29, 1.82) is 0 Å². The first kappa shape index (κ1) is 15.2. The van der Waals surface area contributed by atoms with Gasteiger partial charge in [-0.05, 0) is 31.5 Å². The Labute approximate surface area is 119 Å². The van der Waals surface area contributed by atoms with Gasteiger partial charge < -0.3 is 14.6 Å². The largest absolute Gasteiger partial charge is 0.488 e. The van der Waals surface area contributed by atoms with Crippen LogP contribution in [0.25, 0.3) is 0 Å². The van der Waals surface area contributed by atoms with Gasteiger partial charge in [0.1, 0.15) is 12.7 Å². The Kier molecular flexibility index (Phi) is 5.34. The van der Waals surface area contributed by atoms with Crippen LogP contribution in [0.4, 0.5) is 4.39 Å². The van der Waals surface area contributed by atoms with Gasteiger partial charge in [-0.2, -0.15) is 0 Å². The van der Waals surface area contributed by atoms with Gasteiger partial charge in [-0.1, -0.05) is 6.07 Å². The molecule has 1 heterocycles. The van der Waals surface area contributed by atoms with E-state index in [-0.39, 0.29) is 23.8 Å². The lowest BCUT2D eigenvalue weighted by atomic mass is 10.2. The van der Waals surface area contributed by atoms with Gasteiger partial charge in [-0.25, -0.2) is 4.39 Å². The summed E-state index contributed by atoms with van der Waals surface area (Å²) in [5.41, 5.74) is 0.960. The summed E-state index contributed by atoms with van der Waals surface area (Å²) in [6, 6.07) is 4.81. The lowest BCUT2D eigenvalue weighted by Crippen LogP contribution is -2.47. The smallest absolute Gasteiger partial charge is 0.165 e. The molecule has 1 aliphatic rings. The Balaban J connectivity index is 1.85. The minimum Gasteiger partial charge on any atom is -0.488 e. The fraction of sp³-hybridized carbons (Fsp3) is 0.600. The fourth-order valence-corrected chi connectivity index (χ4v) is 2.32. The van der Waals surface area contributed by atoms with Crippen LogP contribution in [0.5, 0.6) is 5.75 Å². The molecule has 1 N–H and O–H groups in total. The van der Waals surface area contributed by atoms with Gasteiger partial charge >= 0.3 is 0 Å². The van der Waals surface area contributed by atoms with Crippen LogP contribution in [-0.4, -0.2) is 55.1 Å². The average Bonchev–Trinajstić information content (AvgIpc) is 2.39. The number of β-amino-alcohol motifs (C(OH)–C–C–N with tert-alkyl or cyclic N) is 1. The molecule has 1 aromatic rings. The molecule has 0 radical (unpaired) electrons. The minimum atomic E-state index is -0.358. The predicted octanol–water partition coefficient (Wildman–Crippen LogP) is 1.59. The molecule has 1 fully saturated rings. The number of nitrogens with zero attached hydrogens (tertiary/aromatic N) is 1. The molecule has 2 unspecified atom stereocenters. The average molecular weight is 283 g/mol. The highest BCUT2D eigenvalue weighted by molar-refractivity contribution is 5.29. The van der Waals surface area contributed by atoms with Gasteiger partial charge in [0.25, 0.3) is 0 Å². The van der Waals surface area contributed by atoms with Crippen LogP contribution >= 0.6 is 0 Å². The van der Waals surface area contributed by atoms with Crippen LogP contribution in [0.15, 0.2) is 18.2 Å². The van der Waals surface area contributed by atoms with Gasteiger partial charge in [0.15, 0.2) is 11.6 Å². The maximum Gasteiger partial charge on any atom is 0.165 e. The van der Waals surface area contributed by atoms with E-state index in [0.29, 0.717) is 26.3 Å². The first-order valence-electron chi connectivity index (χ1n) is 6.95. The van der Waals surface area contributed by atoms with Crippen molar-refractivity contribution in [2.75, 3.05) is 32.8 Å². The van der Waals surface area contributed by atoms with Crippen molar-refractivity contribution in [2.45, 2.75) is 26.1 Å². The van der Waals surface area contributed by atoms with Gasteiger partial charge in [0.2, 0.25) is 0 Å². The van der Waals surface area contributed by atoms with Crippen molar-refractivity contribution in [1.82, 2.24) is 4.90 Å². The molecule has 112 valence electrons. The molecule has 5 heteroatoms. The quantitative estimate of drug-likeness (QED) is 0.891. The van der Waals surface area contributed by atoms with Gasteiger partial charge in [-0.3, -0.25) is 4.90 Å². The molecule has 1 aliphatic heterocycles. The molecule has 1 aromatic carbocycles. The van der Waals surface area contributed by atoms with Crippen LogP contribution < -0.4 is 4.74 Å². The van der Waals surface area contributed by atoms with E-state index in [1.54, 1.807) is 19.1 Å². The second kappa shape index (κ2) is 7.02. The number of benzene rings is 1. The summed E-state index contributed by atoms with van der Waals surface area (Å²) in [4.78, 5) is 2.13. The molecule has 0 spiro atoms. The molecule has 2 atom stereocenters. The van der Waals surface area contributed by atoms with Crippen molar-refractivity contribution >= 4 is 0 Å². The van der Waals surface area contributed by atoms with E-state index in [4.69, 9.17) is 9.47 Å².